The third-order valence-electron chi connectivity index (χ3n) is 4.47. The van der Waals surface area contributed by atoms with Gasteiger partial charge in [-0.25, -0.2) is 0 Å². The SMILES string of the molecule is N#CC(=Cc1cccc(OCCC(=O)Nc2ccccc2)c1)C(=O)N1CCOCC1. The number of rotatable bonds is 7. The Hall–Kier alpha value is -3.63. The highest BCUT2D eigenvalue weighted by Gasteiger charge is 2.20. The summed E-state index contributed by atoms with van der Waals surface area (Å²) in [6.45, 7) is 2.12. The number of para-hydroxylation sites is 1. The minimum atomic E-state index is -0.301. The van der Waals surface area contributed by atoms with E-state index in [0.29, 0.717) is 37.6 Å². The highest BCUT2D eigenvalue weighted by Crippen LogP contribution is 2.17. The summed E-state index contributed by atoms with van der Waals surface area (Å²) in [6, 6.07) is 18.3. The number of ether oxygens (including phenoxy) is 2. The largest absolute Gasteiger partial charge is 0.493 e. The minimum absolute atomic E-state index is 0.0660. The number of carbonyl (C=O) groups excluding carboxylic acids is 2. The van der Waals surface area contributed by atoms with Gasteiger partial charge < -0.3 is 19.7 Å². The quantitative estimate of drug-likeness (QED) is 0.565. The molecule has 7 heteroatoms. The number of benzene rings is 2. The maximum Gasteiger partial charge on any atom is 0.264 e. The van der Waals surface area contributed by atoms with Gasteiger partial charge in [0, 0.05) is 18.8 Å². The zero-order valence-corrected chi connectivity index (χ0v) is 16.5. The standard InChI is InChI=1S/C23H23N3O4/c24-17-19(23(28)26-10-13-29-14-11-26)15-18-5-4-8-21(16-18)30-12-9-22(27)25-20-6-2-1-3-7-20/h1-8,15-16H,9-14H2,(H,25,27). The topological polar surface area (TPSA) is 91.7 Å². The normalized spacial score (nSPS) is 14.0. The second-order valence-corrected chi connectivity index (χ2v) is 6.66. The Morgan fingerprint density at radius 3 is 2.63 bits per heavy atom. The summed E-state index contributed by atoms with van der Waals surface area (Å²) >= 11 is 0. The zero-order valence-electron chi connectivity index (χ0n) is 16.5. The molecule has 1 heterocycles. The van der Waals surface area contributed by atoms with Crippen LogP contribution >= 0.6 is 0 Å². The van der Waals surface area contributed by atoms with E-state index in [-0.39, 0.29) is 30.4 Å². The number of anilines is 1. The van der Waals surface area contributed by atoms with Gasteiger partial charge in [-0.15, -0.1) is 0 Å². The van der Waals surface area contributed by atoms with E-state index >= 15 is 0 Å². The average molecular weight is 405 g/mol. The minimum Gasteiger partial charge on any atom is -0.493 e. The molecule has 0 aromatic heterocycles. The van der Waals surface area contributed by atoms with E-state index in [1.54, 1.807) is 35.2 Å². The highest BCUT2D eigenvalue weighted by atomic mass is 16.5. The van der Waals surface area contributed by atoms with E-state index in [1.807, 2.05) is 36.4 Å². The summed E-state index contributed by atoms with van der Waals surface area (Å²) in [5, 5.41) is 12.2. The highest BCUT2D eigenvalue weighted by molar-refractivity contribution is 6.01. The Labute approximate surface area is 175 Å². The molecular formula is C23H23N3O4. The van der Waals surface area contributed by atoms with Crippen molar-refractivity contribution in [1.82, 2.24) is 4.90 Å². The van der Waals surface area contributed by atoms with E-state index in [2.05, 4.69) is 5.32 Å². The van der Waals surface area contributed by atoms with Crippen LogP contribution in [0.5, 0.6) is 5.75 Å². The molecule has 1 aliphatic heterocycles. The molecule has 7 nitrogen and oxygen atoms in total. The van der Waals surface area contributed by atoms with E-state index < -0.39 is 0 Å². The molecule has 154 valence electrons. The van der Waals surface area contributed by atoms with Crippen LogP contribution in [0.2, 0.25) is 0 Å². The molecule has 0 radical (unpaired) electrons. The van der Waals surface area contributed by atoms with Crippen molar-refractivity contribution in [3.8, 4) is 11.8 Å². The van der Waals surface area contributed by atoms with Gasteiger partial charge in [0.05, 0.1) is 26.2 Å². The Kier molecular flexibility index (Phi) is 7.58. The number of hydrogen-bond donors (Lipinski definition) is 1. The van der Waals surface area contributed by atoms with Gasteiger partial charge in [0.25, 0.3) is 5.91 Å². The summed E-state index contributed by atoms with van der Waals surface area (Å²) in [5.41, 5.74) is 1.49. The number of amides is 2. The van der Waals surface area contributed by atoms with Gasteiger partial charge in [-0.1, -0.05) is 30.3 Å². The smallest absolute Gasteiger partial charge is 0.264 e. The molecule has 0 bridgehead atoms. The molecule has 3 rings (SSSR count). The van der Waals surface area contributed by atoms with Crippen molar-refractivity contribution in [3.05, 3.63) is 65.7 Å². The van der Waals surface area contributed by atoms with Crippen molar-refractivity contribution in [2.45, 2.75) is 6.42 Å². The molecule has 0 spiro atoms. The molecule has 1 saturated heterocycles. The van der Waals surface area contributed by atoms with Crippen molar-refractivity contribution in [3.63, 3.8) is 0 Å². The van der Waals surface area contributed by atoms with Crippen LogP contribution in [0.25, 0.3) is 6.08 Å². The second-order valence-electron chi connectivity index (χ2n) is 6.66. The maximum absolute atomic E-state index is 12.5. The van der Waals surface area contributed by atoms with Crippen LogP contribution in [-0.4, -0.2) is 49.6 Å². The first-order valence-corrected chi connectivity index (χ1v) is 9.72. The van der Waals surface area contributed by atoms with Crippen LogP contribution in [0.1, 0.15) is 12.0 Å². The molecule has 2 aromatic rings. The number of nitrogens with one attached hydrogen (secondary N) is 1. The number of carbonyl (C=O) groups is 2. The number of nitrogens with zero attached hydrogens (tertiary/aromatic N) is 2. The molecule has 30 heavy (non-hydrogen) atoms. The monoisotopic (exact) mass is 405 g/mol. The second kappa shape index (κ2) is 10.8. The molecule has 0 aliphatic carbocycles. The van der Waals surface area contributed by atoms with Crippen LogP contribution < -0.4 is 10.1 Å². The van der Waals surface area contributed by atoms with Crippen molar-refractivity contribution in [2.24, 2.45) is 0 Å². The first-order chi connectivity index (χ1) is 14.7. The van der Waals surface area contributed by atoms with Crippen LogP contribution in [0.15, 0.2) is 60.2 Å². The van der Waals surface area contributed by atoms with Gasteiger partial charge in [0.15, 0.2) is 0 Å². The lowest BCUT2D eigenvalue weighted by atomic mass is 10.1. The van der Waals surface area contributed by atoms with Crippen molar-refractivity contribution < 1.29 is 19.1 Å². The third kappa shape index (κ3) is 6.19. The van der Waals surface area contributed by atoms with Gasteiger partial charge in [0.1, 0.15) is 17.4 Å². The molecule has 0 saturated carbocycles. The zero-order chi connectivity index (χ0) is 21.2. The van der Waals surface area contributed by atoms with Gasteiger partial charge in [-0.05, 0) is 35.9 Å². The number of hydrogen-bond acceptors (Lipinski definition) is 5. The fourth-order valence-corrected chi connectivity index (χ4v) is 2.95. The fourth-order valence-electron chi connectivity index (χ4n) is 2.95. The summed E-state index contributed by atoms with van der Waals surface area (Å²) in [4.78, 5) is 26.1. The molecule has 0 unspecified atom stereocenters. The lowest BCUT2D eigenvalue weighted by molar-refractivity contribution is -0.130. The molecule has 1 aliphatic rings. The van der Waals surface area contributed by atoms with E-state index in [4.69, 9.17) is 9.47 Å². The van der Waals surface area contributed by atoms with Crippen molar-refractivity contribution in [1.29, 1.82) is 5.26 Å². The summed E-state index contributed by atoms with van der Waals surface area (Å²) in [5.74, 6) is 0.122. The van der Waals surface area contributed by atoms with Gasteiger partial charge in [-0.3, -0.25) is 9.59 Å². The summed E-state index contributed by atoms with van der Waals surface area (Å²) < 4.78 is 10.9. The molecule has 1 N–H and O–H groups in total. The van der Waals surface area contributed by atoms with Crippen LogP contribution in [0.4, 0.5) is 5.69 Å². The summed E-state index contributed by atoms with van der Waals surface area (Å²) in [7, 11) is 0. The van der Waals surface area contributed by atoms with Crippen LogP contribution in [0, 0.1) is 11.3 Å². The van der Waals surface area contributed by atoms with E-state index in [1.165, 1.54) is 0 Å². The Bertz CT molecular complexity index is 944. The average Bonchev–Trinajstić information content (AvgIpc) is 2.78. The van der Waals surface area contributed by atoms with Crippen molar-refractivity contribution >= 4 is 23.6 Å². The molecule has 0 atom stereocenters. The van der Waals surface area contributed by atoms with E-state index in [0.717, 1.165) is 5.69 Å². The molecule has 2 amide bonds. The van der Waals surface area contributed by atoms with Crippen LogP contribution in [-0.2, 0) is 14.3 Å². The van der Waals surface area contributed by atoms with Crippen LogP contribution in [0.3, 0.4) is 0 Å². The predicted molar refractivity (Wildman–Crippen MR) is 113 cm³/mol. The molecule has 1 fully saturated rings. The third-order valence-corrected chi connectivity index (χ3v) is 4.47. The Balaban J connectivity index is 1.55. The van der Waals surface area contributed by atoms with E-state index in [9.17, 15) is 14.9 Å². The first-order valence-electron chi connectivity index (χ1n) is 9.72. The van der Waals surface area contributed by atoms with Crippen molar-refractivity contribution in [2.75, 3.05) is 38.2 Å². The summed E-state index contributed by atoms with van der Waals surface area (Å²) in [6.07, 6.45) is 1.75. The molecule has 2 aromatic carbocycles. The fraction of sp³-hybridized carbons (Fsp3) is 0.261. The number of nitriles is 1. The Morgan fingerprint density at radius 1 is 1.13 bits per heavy atom. The van der Waals surface area contributed by atoms with Gasteiger partial charge in [-0.2, -0.15) is 5.26 Å². The maximum atomic E-state index is 12.5. The number of morpholine rings is 1. The lowest BCUT2D eigenvalue weighted by Crippen LogP contribution is -2.41. The Morgan fingerprint density at radius 2 is 1.90 bits per heavy atom. The lowest BCUT2D eigenvalue weighted by Gasteiger charge is -2.26. The first kappa shape index (κ1) is 21.1. The molecular weight excluding hydrogens is 382 g/mol. The van der Waals surface area contributed by atoms with Gasteiger partial charge in [0.2, 0.25) is 5.91 Å². The van der Waals surface area contributed by atoms with Gasteiger partial charge >= 0.3 is 0 Å². The predicted octanol–water partition coefficient (Wildman–Crippen LogP) is 2.86.